The standard InChI is InChI=1S/C22H26ClN3O6/c1-6-31-18-11-9-15(23)21(32-7-2)20(18)24-22(28)19(13(3)27)26-25-16-12-14(29-4)8-10-17(16)30-5/h8-12,19H,6-7H2,1-5H3,(H,24,28). The van der Waals surface area contributed by atoms with Crippen LogP contribution >= 0.6 is 11.6 Å². The van der Waals surface area contributed by atoms with Crippen molar-refractivity contribution in [1.29, 1.82) is 0 Å². The first-order chi connectivity index (χ1) is 15.4. The molecule has 1 unspecified atom stereocenters. The number of methoxy groups -OCH3 is 2. The van der Waals surface area contributed by atoms with Gasteiger partial charge in [-0.3, -0.25) is 9.59 Å². The van der Waals surface area contributed by atoms with Crippen LogP contribution in [0.5, 0.6) is 23.0 Å². The van der Waals surface area contributed by atoms with Crippen molar-refractivity contribution in [2.24, 2.45) is 10.2 Å². The predicted octanol–water partition coefficient (Wildman–Crippen LogP) is 4.83. The third kappa shape index (κ3) is 6.10. The fourth-order valence-corrected chi connectivity index (χ4v) is 2.94. The highest BCUT2D eigenvalue weighted by molar-refractivity contribution is 6.33. The van der Waals surface area contributed by atoms with Crippen molar-refractivity contribution >= 4 is 34.7 Å². The molecule has 0 aliphatic heterocycles. The maximum atomic E-state index is 13.0. The average molecular weight is 464 g/mol. The second-order valence-electron chi connectivity index (χ2n) is 6.37. The lowest BCUT2D eigenvalue weighted by molar-refractivity contribution is -0.126. The number of anilines is 1. The molecule has 0 aliphatic carbocycles. The summed E-state index contributed by atoms with van der Waals surface area (Å²) < 4.78 is 21.6. The first-order valence-electron chi connectivity index (χ1n) is 9.88. The number of rotatable bonds is 11. The van der Waals surface area contributed by atoms with Crippen molar-refractivity contribution in [3.8, 4) is 23.0 Å². The van der Waals surface area contributed by atoms with E-state index in [0.717, 1.165) is 0 Å². The predicted molar refractivity (Wildman–Crippen MR) is 121 cm³/mol. The number of halogens is 1. The van der Waals surface area contributed by atoms with Crippen LogP contribution in [-0.4, -0.2) is 45.2 Å². The highest BCUT2D eigenvalue weighted by atomic mass is 35.5. The van der Waals surface area contributed by atoms with Crippen LogP contribution in [0.1, 0.15) is 20.8 Å². The Hall–Kier alpha value is -3.33. The Morgan fingerprint density at radius 3 is 2.31 bits per heavy atom. The summed E-state index contributed by atoms with van der Waals surface area (Å²) in [6, 6.07) is 6.70. The van der Waals surface area contributed by atoms with Crippen LogP contribution in [0.2, 0.25) is 5.02 Å². The molecule has 0 bridgehead atoms. The zero-order chi connectivity index (χ0) is 23.7. The minimum Gasteiger partial charge on any atom is -0.497 e. The Kier molecular flexibility index (Phi) is 9.27. The molecule has 0 spiro atoms. The largest absolute Gasteiger partial charge is 0.497 e. The van der Waals surface area contributed by atoms with Crippen molar-refractivity contribution in [2.45, 2.75) is 26.8 Å². The first-order valence-corrected chi connectivity index (χ1v) is 10.3. The number of nitrogens with zero attached hydrogens (tertiary/aromatic N) is 2. The molecule has 32 heavy (non-hydrogen) atoms. The number of ether oxygens (including phenoxy) is 4. The number of carbonyl (C=O) groups excluding carboxylic acids is 2. The van der Waals surface area contributed by atoms with Gasteiger partial charge in [-0.25, -0.2) is 0 Å². The van der Waals surface area contributed by atoms with Gasteiger partial charge in [-0.2, -0.15) is 10.2 Å². The van der Waals surface area contributed by atoms with Gasteiger partial charge in [-0.1, -0.05) is 11.6 Å². The summed E-state index contributed by atoms with van der Waals surface area (Å²) in [6.07, 6.45) is 0. The lowest BCUT2D eigenvalue weighted by Gasteiger charge is -2.18. The number of Topliss-reactive ketones (excluding diaryl/α,β-unsaturated/α-hetero) is 1. The van der Waals surface area contributed by atoms with Crippen molar-refractivity contribution in [1.82, 2.24) is 0 Å². The summed E-state index contributed by atoms with van der Waals surface area (Å²) >= 11 is 6.24. The van der Waals surface area contributed by atoms with E-state index >= 15 is 0 Å². The molecule has 0 aliphatic rings. The first kappa shape index (κ1) is 24.9. The fourth-order valence-electron chi connectivity index (χ4n) is 2.72. The third-order valence-corrected chi connectivity index (χ3v) is 4.51. The molecule has 0 fully saturated rings. The Bertz CT molecular complexity index is 996. The van der Waals surface area contributed by atoms with Crippen LogP contribution in [0, 0.1) is 0 Å². The van der Waals surface area contributed by atoms with Gasteiger partial charge in [0.1, 0.15) is 28.6 Å². The molecule has 2 aromatic carbocycles. The summed E-state index contributed by atoms with van der Waals surface area (Å²) in [4.78, 5) is 25.2. The maximum Gasteiger partial charge on any atom is 0.259 e. The summed E-state index contributed by atoms with van der Waals surface area (Å²) in [5.74, 6) is 0.289. The van der Waals surface area contributed by atoms with Crippen molar-refractivity contribution in [3.63, 3.8) is 0 Å². The molecule has 0 radical (unpaired) electrons. The molecule has 0 saturated heterocycles. The summed E-state index contributed by atoms with van der Waals surface area (Å²) in [5, 5.41) is 11.0. The van der Waals surface area contributed by atoms with Crippen LogP contribution in [0.4, 0.5) is 11.4 Å². The topological polar surface area (TPSA) is 108 Å². The number of nitrogens with one attached hydrogen (secondary N) is 1. The number of azo groups is 1. The maximum absolute atomic E-state index is 13.0. The van der Waals surface area contributed by atoms with E-state index in [1.165, 1.54) is 21.1 Å². The van der Waals surface area contributed by atoms with Crippen LogP contribution in [0.25, 0.3) is 0 Å². The molecule has 1 N–H and O–H groups in total. The minimum absolute atomic E-state index is 0.214. The highest BCUT2D eigenvalue weighted by Crippen LogP contribution is 2.41. The van der Waals surface area contributed by atoms with Gasteiger partial charge in [-0.05, 0) is 45.0 Å². The van der Waals surface area contributed by atoms with E-state index in [9.17, 15) is 9.59 Å². The Morgan fingerprint density at radius 1 is 1.03 bits per heavy atom. The molecular formula is C22H26ClN3O6. The monoisotopic (exact) mass is 463 g/mol. The van der Waals surface area contributed by atoms with E-state index in [2.05, 4.69) is 15.5 Å². The molecule has 9 nitrogen and oxygen atoms in total. The van der Waals surface area contributed by atoms with E-state index in [-0.39, 0.29) is 16.5 Å². The summed E-state index contributed by atoms with van der Waals surface area (Å²) in [7, 11) is 2.98. The van der Waals surface area contributed by atoms with Crippen LogP contribution in [0.3, 0.4) is 0 Å². The number of benzene rings is 2. The number of carbonyl (C=O) groups is 2. The van der Waals surface area contributed by atoms with Gasteiger partial charge in [0.05, 0.1) is 32.5 Å². The Labute approximate surface area is 191 Å². The van der Waals surface area contributed by atoms with Crippen molar-refractivity contribution in [2.75, 3.05) is 32.8 Å². The lowest BCUT2D eigenvalue weighted by Crippen LogP contribution is -2.32. The van der Waals surface area contributed by atoms with E-state index in [1.54, 1.807) is 44.2 Å². The summed E-state index contributed by atoms with van der Waals surface area (Å²) in [6.45, 7) is 5.49. The minimum atomic E-state index is -1.42. The molecule has 0 saturated carbocycles. The van der Waals surface area contributed by atoms with Gasteiger partial charge in [0.2, 0.25) is 6.04 Å². The smallest absolute Gasteiger partial charge is 0.259 e. The second-order valence-corrected chi connectivity index (χ2v) is 6.78. The molecular weight excluding hydrogens is 438 g/mol. The lowest BCUT2D eigenvalue weighted by atomic mass is 10.2. The van der Waals surface area contributed by atoms with Gasteiger partial charge in [0, 0.05) is 6.07 Å². The van der Waals surface area contributed by atoms with E-state index in [4.69, 9.17) is 30.5 Å². The van der Waals surface area contributed by atoms with Crippen LogP contribution in [-0.2, 0) is 9.59 Å². The number of hydrogen-bond acceptors (Lipinski definition) is 8. The quantitative estimate of drug-likeness (QED) is 0.377. The molecule has 0 heterocycles. The van der Waals surface area contributed by atoms with Crippen LogP contribution in [0.15, 0.2) is 40.6 Å². The molecule has 1 amide bonds. The van der Waals surface area contributed by atoms with Crippen molar-refractivity contribution < 1.29 is 28.5 Å². The van der Waals surface area contributed by atoms with Gasteiger partial charge in [0.15, 0.2) is 11.5 Å². The molecule has 2 rings (SSSR count). The Balaban J connectivity index is 2.39. The number of ketones is 1. The zero-order valence-electron chi connectivity index (χ0n) is 18.6. The molecule has 1 atom stereocenters. The summed E-state index contributed by atoms with van der Waals surface area (Å²) in [5.41, 5.74) is 0.519. The fraction of sp³-hybridized carbons (Fsp3) is 0.364. The highest BCUT2D eigenvalue weighted by Gasteiger charge is 2.27. The molecule has 172 valence electrons. The normalized spacial score (nSPS) is 11.7. The van der Waals surface area contributed by atoms with Crippen molar-refractivity contribution in [3.05, 3.63) is 35.4 Å². The van der Waals surface area contributed by atoms with E-state index in [0.29, 0.717) is 36.1 Å². The molecule has 0 aromatic heterocycles. The Morgan fingerprint density at radius 2 is 1.72 bits per heavy atom. The van der Waals surface area contributed by atoms with E-state index < -0.39 is 17.7 Å². The van der Waals surface area contributed by atoms with Gasteiger partial charge in [0.25, 0.3) is 5.91 Å². The van der Waals surface area contributed by atoms with Gasteiger partial charge >= 0.3 is 0 Å². The zero-order valence-corrected chi connectivity index (χ0v) is 19.4. The van der Waals surface area contributed by atoms with Gasteiger partial charge < -0.3 is 24.3 Å². The molecule has 10 heteroatoms. The van der Waals surface area contributed by atoms with Gasteiger partial charge in [-0.15, -0.1) is 0 Å². The van der Waals surface area contributed by atoms with E-state index in [1.807, 2.05) is 0 Å². The number of hydrogen-bond donors (Lipinski definition) is 1. The van der Waals surface area contributed by atoms with Crippen LogP contribution < -0.4 is 24.3 Å². The average Bonchev–Trinajstić information content (AvgIpc) is 2.77. The SMILES string of the molecule is CCOc1ccc(Cl)c(OCC)c1NC(=O)C(N=Nc1cc(OC)ccc1OC)C(C)=O. The molecule has 2 aromatic rings. The third-order valence-electron chi connectivity index (χ3n) is 4.21. The number of amides is 1. The second kappa shape index (κ2) is 11.9.